The predicted molar refractivity (Wildman–Crippen MR) is 108 cm³/mol. The molecule has 0 saturated carbocycles. The van der Waals surface area contributed by atoms with Gasteiger partial charge >= 0.3 is 11.9 Å². The highest BCUT2D eigenvalue weighted by Crippen LogP contribution is 2.44. The van der Waals surface area contributed by atoms with E-state index in [1.54, 1.807) is 22.8 Å². The second-order valence-electron chi connectivity index (χ2n) is 8.12. The molecule has 6 rings (SSSR count). The van der Waals surface area contributed by atoms with Gasteiger partial charge in [-0.05, 0) is 44.0 Å². The molecule has 2 aromatic rings. The van der Waals surface area contributed by atoms with Crippen molar-refractivity contribution in [2.24, 2.45) is 11.7 Å². The van der Waals surface area contributed by atoms with Gasteiger partial charge in [-0.1, -0.05) is 12.1 Å². The molecule has 1 amide bonds. The Hall–Kier alpha value is -3.21. The highest BCUT2D eigenvalue weighted by molar-refractivity contribution is 6.20. The Morgan fingerprint density at radius 2 is 1.90 bits per heavy atom. The summed E-state index contributed by atoms with van der Waals surface area (Å²) in [5.74, 6) is -2.82. The summed E-state index contributed by atoms with van der Waals surface area (Å²) >= 11 is 0. The molecule has 4 aliphatic heterocycles. The van der Waals surface area contributed by atoms with E-state index in [-0.39, 0.29) is 29.6 Å². The lowest BCUT2D eigenvalue weighted by molar-refractivity contribution is -0.136. The van der Waals surface area contributed by atoms with Crippen molar-refractivity contribution in [3.63, 3.8) is 0 Å². The number of aliphatic hydroxyl groups is 1. The number of nitrogens with zero attached hydrogens (tertiary/aromatic N) is 2. The summed E-state index contributed by atoms with van der Waals surface area (Å²) in [6.07, 6.45) is 2.54. The number of para-hydroxylation sites is 1. The molecule has 5 heterocycles. The molecule has 0 radical (unpaired) electrons. The van der Waals surface area contributed by atoms with Gasteiger partial charge in [0.1, 0.15) is 5.57 Å². The number of nitrogens with two attached hydrogens (primary N) is 1. The average molecular weight is 429 g/mol. The fourth-order valence-corrected chi connectivity index (χ4v) is 4.82. The molecule has 2 bridgehead atoms. The molecule has 3 fully saturated rings. The zero-order valence-electron chi connectivity index (χ0n) is 16.7. The Balaban J connectivity index is 0.00000231. The van der Waals surface area contributed by atoms with E-state index in [0.29, 0.717) is 17.4 Å². The molecule has 1 unspecified atom stereocenters. The predicted octanol–water partition coefficient (Wildman–Crippen LogP) is -0.491. The van der Waals surface area contributed by atoms with Crippen molar-refractivity contribution in [3.05, 3.63) is 35.9 Å². The van der Waals surface area contributed by atoms with Crippen LogP contribution < -0.4 is 15.2 Å². The molecule has 10 nitrogen and oxygen atoms in total. The van der Waals surface area contributed by atoms with Crippen LogP contribution in [0, 0.1) is 5.92 Å². The smallest absolute Gasteiger partial charge is 0.349 e. The van der Waals surface area contributed by atoms with Gasteiger partial charge in [0.15, 0.2) is 0 Å². The third-order valence-corrected chi connectivity index (χ3v) is 6.30. The normalized spacial score (nSPS) is 29.0. The first-order valence-corrected chi connectivity index (χ1v) is 9.87. The number of hydrogen-bond donors (Lipinski definition) is 2. The lowest BCUT2D eigenvalue weighted by atomic mass is 9.75. The standard InChI is InChI=1S/C21H21N3O6.H2O/c22-18(26)14-9-16(25)29-19-17(30-20(14)27)13-3-1-2-4-15(13)24(19)11-21(28)10-23-7-5-12(21)6-8-23;/h1-4,9,12,28H,5-8,10-11H2,(H2,22,26);1H2/b14-9+;. The van der Waals surface area contributed by atoms with Crippen LogP contribution in [0.3, 0.4) is 0 Å². The van der Waals surface area contributed by atoms with Crippen LogP contribution in [-0.2, 0) is 20.9 Å². The lowest BCUT2D eigenvalue weighted by Crippen LogP contribution is -2.60. The van der Waals surface area contributed by atoms with E-state index in [2.05, 4.69) is 4.90 Å². The van der Waals surface area contributed by atoms with Crippen LogP contribution in [0.4, 0.5) is 0 Å². The highest BCUT2D eigenvalue weighted by atomic mass is 16.6. The van der Waals surface area contributed by atoms with E-state index in [0.717, 1.165) is 32.0 Å². The first-order chi connectivity index (χ1) is 14.4. The number of rotatable bonds is 3. The van der Waals surface area contributed by atoms with Gasteiger partial charge in [0.2, 0.25) is 11.6 Å². The van der Waals surface area contributed by atoms with Crippen LogP contribution in [0.5, 0.6) is 11.6 Å². The van der Waals surface area contributed by atoms with E-state index in [9.17, 15) is 19.5 Å². The third kappa shape index (κ3) is 3.38. The van der Waals surface area contributed by atoms with E-state index < -0.39 is 29.0 Å². The number of primary amides is 1. The molecular formula is C21H23N3O7. The molecule has 164 valence electrons. The first-order valence-electron chi connectivity index (χ1n) is 9.87. The zero-order chi connectivity index (χ0) is 21.0. The summed E-state index contributed by atoms with van der Waals surface area (Å²) in [7, 11) is 0. The van der Waals surface area contributed by atoms with E-state index in [1.165, 1.54) is 0 Å². The van der Waals surface area contributed by atoms with Gasteiger partial charge in [-0.15, -0.1) is 0 Å². The van der Waals surface area contributed by atoms with Crippen molar-refractivity contribution >= 4 is 28.7 Å². The number of fused-ring (bicyclic) bond motifs is 6. The minimum Gasteiger partial charge on any atom is -0.416 e. The Kier molecular flexibility index (Phi) is 5.08. The number of piperidine rings is 3. The van der Waals surface area contributed by atoms with E-state index >= 15 is 0 Å². The topological polar surface area (TPSA) is 156 Å². The molecule has 31 heavy (non-hydrogen) atoms. The lowest BCUT2D eigenvalue weighted by Gasteiger charge is -2.50. The van der Waals surface area contributed by atoms with Gasteiger partial charge in [-0.3, -0.25) is 4.79 Å². The molecule has 0 aliphatic carbocycles. The number of esters is 2. The van der Waals surface area contributed by atoms with Crippen LogP contribution in [0.25, 0.3) is 10.9 Å². The summed E-state index contributed by atoms with van der Waals surface area (Å²) in [5, 5.41) is 12.0. The minimum atomic E-state index is -1.08. The maximum absolute atomic E-state index is 12.5. The fourth-order valence-electron chi connectivity index (χ4n) is 4.82. The zero-order valence-corrected chi connectivity index (χ0v) is 16.7. The number of hydrogen-bond acceptors (Lipinski definition) is 7. The third-order valence-electron chi connectivity index (χ3n) is 6.30. The summed E-state index contributed by atoms with van der Waals surface area (Å²) in [5.41, 5.74) is 4.26. The Bertz CT molecular complexity index is 1110. The Labute approximate surface area is 177 Å². The molecule has 0 spiro atoms. The van der Waals surface area contributed by atoms with Crippen LogP contribution in [0.15, 0.2) is 35.9 Å². The number of carbonyl (C=O) groups excluding carboxylic acids is 3. The maximum Gasteiger partial charge on any atom is 0.349 e. The van der Waals surface area contributed by atoms with Crippen molar-refractivity contribution in [1.82, 2.24) is 9.47 Å². The average Bonchev–Trinajstić information content (AvgIpc) is 2.97. The molecule has 5 N–H and O–H groups in total. The van der Waals surface area contributed by atoms with Gasteiger partial charge in [0.05, 0.1) is 17.7 Å². The molecule has 1 atom stereocenters. The van der Waals surface area contributed by atoms with Gasteiger partial charge in [-0.25, -0.2) is 9.59 Å². The summed E-state index contributed by atoms with van der Waals surface area (Å²) < 4.78 is 12.6. The fraction of sp³-hybridized carbons (Fsp3) is 0.381. The molecule has 1 aromatic heterocycles. The van der Waals surface area contributed by atoms with Crippen molar-refractivity contribution < 1.29 is 34.4 Å². The van der Waals surface area contributed by atoms with Crippen molar-refractivity contribution in [2.45, 2.75) is 25.0 Å². The number of amides is 1. The Morgan fingerprint density at radius 1 is 1.19 bits per heavy atom. The summed E-state index contributed by atoms with van der Waals surface area (Å²) in [4.78, 5) is 38.6. The molecule has 3 saturated heterocycles. The number of carbonyl (C=O) groups is 3. The monoisotopic (exact) mass is 429 g/mol. The quantitative estimate of drug-likeness (QED) is 0.492. The van der Waals surface area contributed by atoms with Crippen LogP contribution in [0.1, 0.15) is 12.8 Å². The second-order valence-corrected chi connectivity index (χ2v) is 8.12. The molecule has 1 aromatic carbocycles. The molecular weight excluding hydrogens is 406 g/mol. The summed E-state index contributed by atoms with van der Waals surface area (Å²) in [6.45, 7) is 2.63. The largest absolute Gasteiger partial charge is 0.416 e. The number of aromatic nitrogens is 1. The van der Waals surface area contributed by atoms with E-state index in [1.807, 2.05) is 6.07 Å². The maximum atomic E-state index is 12.5. The SMILES string of the molecule is NC(=O)/C1=C\C(=O)Oc2c(c3ccccc3n2CC2(O)CN3CCC2CC3)OC1=O.O. The van der Waals surface area contributed by atoms with Gasteiger partial charge in [0, 0.05) is 18.0 Å². The minimum absolute atomic E-state index is 0. The van der Waals surface area contributed by atoms with Crippen molar-refractivity contribution in [3.8, 4) is 11.6 Å². The van der Waals surface area contributed by atoms with Crippen LogP contribution in [-0.4, -0.2) is 63.1 Å². The van der Waals surface area contributed by atoms with Gasteiger partial charge < -0.3 is 35.3 Å². The van der Waals surface area contributed by atoms with E-state index in [4.69, 9.17) is 15.2 Å². The van der Waals surface area contributed by atoms with Crippen LogP contribution in [0.2, 0.25) is 0 Å². The highest BCUT2D eigenvalue weighted by Gasteiger charge is 2.46. The first kappa shape index (κ1) is 21.0. The summed E-state index contributed by atoms with van der Waals surface area (Å²) in [6, 6.07) is 7.09. The van der Waals surface area contributed by atoms with Gasteiger partial charge in [0.25, 0.3) is 5.91 Å². The number of benzene rings is 1. The second kappa shape index (κ2) is 7.49. The molecule has 10 heteroatoms. The Morgan fingerprint density at radius 3 is 2.55 bits per heavy atom. The van der Waals surface area contributed by atoms with Crippen molar-refractivity contribution in [1.29, 1.82) is 0 Å². The van der Waals surface area contributed by atoms with Gasteiger partial charge in [-0.2, -0.15) is 0 Å². The van der Waals surface area contributed by atoms with Crippen LogP contribution >= 0.6 is 0 Å². The van der Waals surface area contributed by atoms with Crippen molar-refractivity contribution in [2.75, 3.05) is 19.6 Å². The molecule has 4 aliphatic rings. The number of ether oxygens (including phenoxy) is 2.